The molecule has 150 valence electrons. The van der Waals surface area contributed by atoms with E-state index in [1.807, 2.05) is 0 Å². The number of nitrogens with zero attached hydrogens (tertiary/aromatic N) is 1. The van der Waals surface area contributed by atoms with Gasteiger partial charge in [-0.3, -0.25) is 9.59 Å². The Morgan fingerprint density at radius 1 is 1.17 bits per heavy atom. The van der Waals surface area contributed by atoms with Gasteiger partial charge in [0.2, 0.25) is 0 Å². The normalized spacial score (nSPS) is 23.7. The highest BCUT2D eigenvalue weighted by atomic mass is 35.5. The second-order valence-corrected chi connectivity index (χ2v) is 7.55. The standard InChI is InChI=1S/C22H19ClFNO4/c23-14-9-7-13(8-10-14)20(26)18-19(16-5-1-2-6-17(16)24)25(22(28)21(18)27)12-15-4-3-11-29-15/h1-2,5-10,15,19,26H,3-4,11-12H2/t15-,19+/m0/s1. The largest absolute Gasteiger partial charge is 0.507 e. The molecule has 0 saturated carbocycles. The van der Waals surface area contributed by atoms with Crippen LogP contribution >= 0.6 is 11.6 Å². The Kier molecular flexibility index (Phi) is 5.39. The minimum absolute atomic E-state index is 0.139. The van der Waals surface area contributed by atoms with E-state index in [9.17, 15) is 19.1 Å². The highest BCUT2D eigenvalue weighted by Gasteiger charge is 2.47. The molecule has 0 unspecified atom stereocenters. The Balaban J connectivity index is 1.84. The number of hydrogen-bond donors (Lipinski definition) is 1. The highest BCUT2D eigenvalue weighted by Crippen LogP contribution is 2.41. The lowest BCUT2D eigenvalue weighted by Gasteiger charge is -2.27. The van der Waals surface area contributed by atoms with Crippen molar-refractivity contribution in [2.75, 3.05) is 13.2 Å². The molecular weight excluding hydrogens is 397 g/mol. The maximum absolute atomic E-state index is 14.7. The lowest BCUT2D eigenvalue weighted by Crippen LogP contribution is -2.36. The molecule has 2 saturated heterocycles. The number of halogens is 2. The first-order valence-corrected chi connectivity index (χ1v) is 9.75. The van der Waals surface area contributed by atoms with E-state index in [0.29, 0.717) is 17.2 Å². The molecule has 7 heteroatoms. The fourth-order valence-corrected chi connectivity index (χ4v) is 3.99. The SMILES string of the molecule is O=C1C(=O)N(C[C@@H]2CCCO2)[C@H](c2ccccc2F)C1=C(O)c1ccc(Cl)cc1. The summed E-state index contributed by atoms with van der Waals surface area (Å²) >= 11 is 5.90. The first-order valence-electron chi connectivity index (χ1n) is 9.37. The van der Waals surface area contributed by atoms with E-state index < -0.39 is 23.5 Å². The van der Waals surface area contributed by atoms with Crippen LogP contribution in [0.1, 0.15) is 30.0 Å². The van der Waals surface area contributed by atoms with Gasteiger partial charge in [-0.25, -0.2) is 4.39 Å². The van der Waals surface area contributed by atoms with Gasteiger partial charge >= 0.3 is 0 Å². The van der Waals surface area contributed by atoms with Crippen LogP contribution in [0.4, 0.5) is 4.39 Å². The van der Waals surface area contributed by atoms with E-state index >= 15 is 0 Å². The van der Waals surface area contributed by atoms with Crippen LogP contribution in [0.25, 0.3) is 5.76 Å². The van der Waals surface area contributed by atoms with E-state index in [1.165, 1.54) is 23.1 Å². The molecule has 2 aliphatic rings. The second-order valence-electron chi connectivity index (χ2n) is 7.11. The zero-order valence-electron chi connectivity index (χ0n) is 15.5. The Labute approximate surface area is 172 Å². The first kappa shape index (κ1) is 19.6. The van der Waals surface area contributed by atoms with E-state index in [1.54, 1.807) is 30.3 Å². The molecule has 4 rings (SSSR count). The summed E-state index contributed by atoms with van der Waals surface area (Å²) in [5.74, 6) is -2.53. The molecule has 0 bridgehead atoms. The Bertz CT molecular complexity index is 983. The van der Waals surface area contributed by atoms with Crippen LogP contribution in [0.3, 0.4) is 0 Å². The number of aliphatic hydroxyl groups excluding tert-OH is 1. The molecular formula is C22H19ClFNO4. The van der Waals surface area contributed by atoms with Gasteiger partial charge in [0.25, 0.3) is 11.7 Å². The molecule has 1 amide bonds. The van der Waals surface area contributed by atoms with Crippen LogP contribution in [0, 0.1) is 5.82 Å². The zero-order valence-corrected chi connectivity index (χ0v) is 16.2. The molecule has 0 aromatic heterocycles. The Hall–Kier alpha value is -2.70. The molecule has 2 fully saturated rings. The monoisotopic (exact) mass is 415 g/mol. The zero-order chi connectivity index (χ0) is 20.5. The van der Waals surface area contributed by atoms with Crippen molar-refractivity contribution >= 4 is 29.1 Å². The van der Waals surface area contributed by atoms with Crippen molar-refractivity contribution in [1.29, 1.82) is 0 Å². The molecule has 0 radical (unpaired) electrons. The second kappa shape index (κ2) is 7.97. The molecule has 2 heterocycles. The third kappa shape index (κ3) is 3.66. The number of likely N-dealkylation sites (tertiary alicyclic amines) is 1. The van der Waals surface area contributed by atoms with Crippen molar-refractivity contribution < 1.29 is 23.8 Å². The van der Waals surface area contributed by atoms with Crippen molar-refractivity contribution in [3.05, 3.63) is 76.1 Å². The maximum Gasteiger partial charge on any atom is 0.295 e. The lowest BCUT2D eigenvalue weighted by atomic mass is 9.95. The van der Waals surface area contributed by atoms with Gasteiger partial charge in [0, 0.05) is 29.3 Å². The number of ketones is 1. The van der Waals surface area contributed by atoms with Crippen LogP contribution < -0.4 is 0 Å². The van der Waals surface area contributed by atoms with Crippen molar-refractivity contribution in [1.82, 2.24) is 4.90 Å². The van der Waals surface area contributed by atoms with E-state index in [4.69, 9.17) is 16.3 Å². The van der Waals surface area contributed by atoms with Crippen LogP contribution in [0.5, 0.6) is 0 Å². The molecule has 5 nitrogen and oxygen atoms in total. The van der Waals surface area contributed by atoms with Crippen LogP contribution in [-0.4, -0.2) is 41.0 Å². The van der Waals surface area contributed by atoms with Crippen LogP contribution in [-0.2, 0) is 14.3 Å². The van der Waals surface area contributed by atoms with E-state index in [0.717, 1.165) is 12.8 Å². The third-order valence-corrected chi connectivity index (χ3v) is 5.53. The molecule has 0 spiro atoms. The molecule has 1 N–H and O–H groups in total. The summed E-state index contributed by atoms with van der Waals surface area (Å²) in [6.45, 7) is 0.741. The van der Waals surface area contributed by atoms with Gasteiger partial charge < -0.3 is 14.7 Å². The van der Waals surface area contributed by atoms with E-state index in [-0.39, 0.29) is 29.5 Å². The minimum Gasteiger partial charge on any atom is -0.507 e. The Morgan fingerprint density at radius 3 is 2.55 bits per heavy atom. The van der Waals surface area contributed by atoms with Crippen LogP contribution in [0.2, 0.25) is 5.02 Å². The highest BCUT2D eigenvalue weighted by molar-refractivity contribution is 6.46. The fourth-order valence-electron chi connectivity index (χ4n) is 3.86. The predicted octanol–water partition coefficient (Wildman–Crippen LogP) is 4.08. The topological polar surface area (TPSA) is 66.8 Å². The van der Waals surface area contributed by atoms with Crippen molar-refractivity contribution in [3.63, 3.8) is 0 Å². The molecule has 2 aromatic rings. The minimum atomic E-state index is -1.03. The number of benzene rings is 2. The summed E-state index contributed by atoms with van der Waals surface area (Å²) in [7, 11) is 0. The van der Waals surface area contributed by atoms with Crippen molar-refractivity contribution in [2.45, 2.75) is 25.0 Å². The number of hydrogen-bond acceptors (Lipinski definition) is 4. The van der Waals surface area contributed by atoms with E-state index in [2.05, 4.69) is 0 Å². The lowest BCUT2D eigenvalue weighted by molar-refractivity contribution is -0.140. The Morgan fingerprint density at radius 2 is 1.90 bits per heavy atom. The maximum atomic E-state index is 14.7. The number of rotatable bonds is 4. The summed E-state index contributed by atoms with van der Waals surface area (Å²) in [5, 5.41) is 11.3. The number of amides is 1. The van der Waals surface area contributed by atoms with Gasteiger partial charge in [-0.1, -0.05) is 29.8 Å². The van der Waals surface area contributed by atoms with Gasteiger partial charge in [-0.05, 0) is 43.2 Å². The first-order chi connectivity index (χ1) is 14.0. The fraction of sp³-hybridized carbons (Fsp3) is 0.273. The van der Waals surface area contributed by atoms with Crippen molar-refractivity contribution in [3.8, 4) is 0 Å². The smallest absolute Gasteiger partial charge is 0.295 e. The summed E-state index contributed by atoms with van der Waals surface area (Å²) in [6, 6.07) is 11.1. The number of carbonyl (C=O) groups excluding carboxylic acids is 2. The number of aliphatic hydroxyl groups is 1. The molecule has 0 aliphatic carbocycles. The quantitative estimate of drug-likeness (QED) is 0.464. The molecule has 2 atom stereocenters. The van der Waals surface area contributed by atoms with Crippen molar-refractivity contribution in [2.24, 2.45) is 0 Å². The summed E-state index contributed by atoms with van der Waals surface area (Å²) < 4.78 is 20.3. The van der Waals surface area contributed by atoms with Gasteiger partial charge in [0.1, 0.15) is 11.6 Å². The predicted molar refractivity (Wildman–Crippen MR) is 106 cm³/mol. The van der Waals surface area contributed by atoms with Gasteiger partial charge in [0.15, 0.2) is 0 Å². The van der Waals surface area contributed by atoms with Gasteiger partial charge in [-0.2, -0.15) is 0 Å². The number of carbonyl (C=O) groups is 2. The van der Waals surface area contributed by atoms with Gasteiger partial charge in [0.05, 0.1) is 17.7 Å². The number of Topliss-reactive ketones (excluding diaryl/α,β-unsaturated/α-hetero) is 1. The molecule has 2 aliphatic heterocycles. The molecule has 2 aromatic carbocycles. The summed E-state index contributed by atoms with van der Waals surface area (Å²) in [4.78, 5) is 27.0. The summed E-state index contributed by atoms with van der Waals surface area (Å²) in [5.41, 5.74) is 0.339. The number of ether oxygens (including phenoxy) is 1. The van der Waals surface area contributed by atoms with Gasteiger partial charge in [-0.15, -0.1) is 0 Å². The summed E-state index contributed by atoms with van der Waals surface area (Å²) in [6.07, 6.45) is 1.39. The third-order valence-electron chi connectivity index (χ3n) is 5.28. The average Bonchev–Trinajstić information content (AvgIpc) is 3.31. The van der Waals surface area contributed by atoms with Crippen LogP contribution in [0.15, 0.2) is 54.1 Å². The molecule has 29 heavy (non-hydrogen) atoms. The average molecular weight is 416 g/mol.